The van der Waals surface area contributed by atoms with Gasteiger partial charge in [-0.3, -0.25) is 9.59 Å². The molecule has 3 N–H and O–H groups in total. The second-order valence-corrected chi connectivity index (χ2v) is 11.5. The summed E-state index contributed by atoms with van der Waals surface area (Å²) in [6, 6.07) is 9.73. The second-order valence-electron chi connectivity index (χ2n) is 11.5. The fourth-order valence-electron chi connectivity index (χ4n) is 6.09. The molecule has 2 aromatic carbocycles. The van der Waals surface area contributed by atoms with Crippen molar-refractivity contribution in [3.63, 3.8) is 0 Å². The number of β-amino-alcohol motifs (C(OH)–C–C–N with tert-alkyl or cyclic N) is 1. The zero-order chi connectivity index (χ0) is 33.1. The number of benzene rings is 2. The molecule has 4 aliphatic heterocycles. The highest BCUT2D eigenvalue weighted by molar-refractivity contribution is 6.10. The lowest BCUT2D eigenvalue weighted by Gasteiger charge is -2.38. The van der Waals surface area contributed by atoms with Gasteiger partial charge in [0.1, 0.15) is 11.8 Å². The topological polar surface area (TPSA) is 134 Å². The summed E-state index contributed by atoms with van der Waals surface area (Å²) in [5.74, 6) is -2.84. The number of piperidine rings is 1. The number of piperazine rings is 1. The molecule has 4 heterocycles. The van der Waals surface area contributed by atoms with E-state index in [1.807, 2.05) is 13.0 Å². The number of anilines is 1. The molecule has 2 saturated heterocycles. The van der Waals surface area contributed by atoms with Crippen LogP contribution in [0.5, 0.6) is 5.75 Å². The molecule has 4 aliphatic rings. The fourth-order valence-corrected chi connectivity index (χ4v) is 6.09. The third kappa shape index (κ3) is 6.39. The van der Waals surface area contributed by atoms with Crippen LogP contribution in [0.4, 0.5) is 14.5 Å². The van der Waals surface area contributed by atoms with Gasteiger partial charge in [0.15, 0.2) is 24.0 Å². The molecule has 0 aromatic heterocycles. The van der Waals surface area contributed by atoms with Gasteiger partial charge in [0.05, 0.1) is 17.7 Å². The van der Waals surface area contributed by atoms with Crippen LogP contribution < -0.4 is 15.4 Å². The Hall–Kier alpha value is -5.28. The van der Waals surface area contributed by atoms with Crippen molar-refractivity contribution < 1.29 is 28.2 Å². The number of aliphatic imine (C=N–C) groups is 1. The molecule has 242 valence electrons. The Labute approximate surface area is 270 Å². The van der Waals surface area contributed by atoms with Gasteiger partial charge in [0.25, 0.3) is 5.91 Å². The Morgan fingerprint density at radius 3 is 2.70 bits per heavy atom. The highest BCUT2D eigenvalue weighted by Crippen LogP contribution is 2.34. The van der Waals surface area contributed by atoms with Crippen LogP contribution in [0.1, 0.15) is 27.9 Å². The number of aryl methyl sites for hydroxylation is 1. The van der Waals surface area contributed by atoms with Crippen LogP contribution in [-0.4, -0.2) is 89.4 Å². The zero-order valence-corrected chi connectivity index (χ0v) is 25.7. The molecule has 0 aliphatic carbocycles. The van der Waals surface area contributed by atoms with Crippen LogP contribution >= 0.6 is 0 Å². The first-order valence-electron chi connectivity index (χ1n) is 15.3. The van der Waals surface area contributed by atoms with Crippen LogP contribution in [0.15, 0.2) is 71.3 Å². The van der Waals surface area contributed by atoms with Crippen molar-refractivity contribution in [3.8, 4) is 11.8 Å². The van der Waals surface area contributed by atoms with E-state index in [0.29, 0.717) is 74.2 Å². The van der Waals surface area contributed by atoms with Crippen LogP contribution in [-0.2, 0) is 4.79 Å². The highest BCUT2D eigenvalue weighted by atomic mass is 19.2. The minimum absolute atomic E-state index is 0.0132. The van der Waals surface area contributed by atoms with E-state index in [1.54, 1.807) is 51.3 Å². The third-order valence-corrected chi connectivity index (χ3v) is 8.59. The quantitative estimate of drug-likeness (QED) is 0.410. The first-order valence-corrected chi connectivity index (χ1v) is 15.3. The summed E-state index contributed by atoms with van der Waals surface area (Å²) in [6.45, 7) is 4.17. The number of nitrogens with zero attached hydrogens (tertiary/aromatic N) is 5. The number of halogens is 2. The standard InChI is InChI=1S/C34H33F2N7O4/c1-21-19-22(5-6-23(21)33(45)41-14-16-42(17-15-41)34(46)25-9-11-38-20-28(25)44)40-32-27-4-2-3-26(43(27)13-12-39-32)24-7-8-29(47-18-10-37)31(36)30(24)35/h2-3,5-8,12-13,19,25,28,38,44H,9,11,14-18,20H2,1H3,(H,39,40)/t25-,28+/m1/s1. The lowest BCUT2D eigenvalue weighted by Crippen LogP contribution is -2.55. The molecular weight excluding hydrogens is 608 g/mol. The Bertz CT molecular complexity index is 1800. The number of amides is 2. The van der Waals surface area contributed by atoms with Crippen molar-refractivity contribution in [1.82, 2.24) is 20.0 Å². The van der Waals surface area contributed by atoms with Gasteiger partial charge in [-0.25, -0.2) is 9.38 Å². The Morgan fingerprint density at radius 1 is 1.17 bits per heavy atom. The lowest BCUT2D eigenvalue weighted by molar-refractivity contribution is -0.141. The number of nitrogens with one attached hydrogen (secondary N) is 2. The molecule has 0 bridgehead atoms. The first-order chi connectivity index (χ1) is 22.8. The number of rotatable bonds is 6. The number of hydrogen-bond donors (Lipinski definition) is 3. The molecule has 0 spiro atoms. The minimum Gasteiger partial charge on any atom is -0.476 e. The zero-order valence-electron chi connectivity index (χ0n) is 25.7. The van der Waals surface area contributed by atoms with E-state index in [9.17, 15) is 19.1 Å². The summed E-state index contributed by atoms with van der Waals surface area (Å²) in [7, 11) is 0. The van der Waals surface area contributed by atoms with Gasteiger partial charge in [-0.1, -0.05) is 5.73 Å². The number of fused-ring (bicyclic) bond motifs is 1. The molecule has 0 saturated carbocycles. The number of allylic oxidation sites excluding steroid dienone is 1. The summed E-state index contributed by atoms with van der Waals surface area (Å²) in [4.78, 5) is 36.0. The number of ether oxygens (including phenoxy) is 1. The molecule has 2 atom stereocenters. The predicted octanol–water partition coefficient (Wildman–Crippen LogP) is 3.12. The monoisotopic (exact) mass is 641 g/mol. The van der Waals surface area contributed by atoms with E-state index in [1.165, 1.54) is 18.3 Å². The van der Waals surface area contributed by atoms with E-state index in [2.05, 4.69) is 21.4 Å². The normalized spacial score (nSPS) is 20.5. The van der Waals surface area contributed by atoms with Crippen LogP contribution in [0.25, 0.3) is 5.70 Å². The lowest BCUT2D eigenvalue weighted by atomic mass is 9.93. The van der Waals surface area contributed by atoms with Crippen molar-refractivity contribution in [2.45, 2.75) is 19.4 Å². The van der Waals surface area contributed by atoms with Crippen LogP contribution in [0.2, 0.25) is 0 Å². The van der Waals surface area contributed by atoms with Gasteiger partial charge < -0.3 is 35.2 Å². The molecular formula is C34H33F2N7O4. The molecule has 2 amide bonds. The van der Waals surface area contributed by atoms with Gasteiger partial charge in [0.2, 0.25) is 11.7 Å². The third-order valence-electron chi connectivity index (χ3n) is 8.59. The summed E-state index contributed by atoms with van der Waals surface area (Å²) in [5.41, 5.74) is 5.84. The maximum absolute atomic E-state index is 15.1. The van der Waals surface area contributed by atoms with E-state index in [-0.39, 0.29) is 23.1 Å². The van der Waals surface area contributed by atoms with E-state index in [0.717, 1.165) is 5.56 Å². The summed E-state index contributed by atoms with van der Waals surface area (Å²) in [6.07, 6.45) is 6.21. The Balaban J connectivity index is 1.10. The van der Waals surface area contributed by atoms with Crippen LogP contribution in [0, 0.1) is 35.8 Å². The molecule has 13 heteroatoms. The number of hydrogen-bond acceptors (Lipinski definition) is 9. The van der Waals surface area contributed by atoms with E-state index < -0.39 is 30.3 Å². The average molecular weight is 642 g/mol. The molecule has 47 heavy (non-hydrogen) atoms. The maximum Gasteiger partial charge on any atom is 0.254 e. The number of carbonyl (C=O) groups is 2. The van der Waals surface area contributed by atoms with Gasteiger partial charge in [-0.15, -0.1) is 0 Å². The minimum atomic E-state index is -1.19. The molecule has 11 nitrogen and oxygen atoms in total. The summed E-state index contributed by atoms with van der Waals surface area (Å²) >= 11 is 0. The fraction of sp³-hybridized carbons (Fsp3) is 0.324. The van der Waals surface area contributed by atoms with Crippen molar-refractivity contribution in [1.29, 1.82) is 5.26 Å². The molecule has 2 fully saturated rings. The van der Waals surface area contributed by atoms with E-state index >= 15 is 4.39 Å². The van der Waals surface area contributed by atoms with Crippen LogP contribution in [0.3, 0.4) is 0 Å². The van der Waals surface area contributed by atoms with Crippen molar-refractivity contribution in [2.75, 3.05) is 51.2 Å². The van der Waals surface area contributed by atoms with Gasteiger partial charge in [0, 0.05) is 61.9 Å². The summed E-state index contributed by atoms with van der Waals surface area (Å²) in [5, 5.41) is 25.3. The Kier molecular flexibility index (Phi) is 9.17. The maximum atomic E-state index is 15.1. The molecule has 0 radical (unpaired) electrons. The molecule has 6 rings (SSSR count). The first kappa shape index (κ1) is 31.7. The molecule has 0 unspecified atom stereocenters. The number of carbonyl (C=O) groups excluding carboxylic acids is 2. The Morgan fingerprint density at radius 2 is 1.96 bits per heavy atom. The summed E-state index contributed by atoms with van der Waals surface area (Å²) < 4.78 is 34.8. The SMILES string of the molecule is Cc1cc(NC2=NC=CN3C2=C=CC=C3c2ccc(OCC#N)c(F)c2F)ccc1C(=O)N1CCN(C(=O)[C@@H]2CCNC[C@@H]2O)CC1. The largest absolute Gasteiger partial charge is 0.476 e. The average Bonchev–Trinajstić information content (AvgIpc) is 3.09. The predicted molar refractivity (Wildman–Crippen MR) is 170 cm³/mol. The van der Waals surface area contributed by atoms with E-state index in [4.69, 9.17) is 10.00 Å². The smallest absolute Gasteiger partial charge is 0.254 e. The highest BCUT2D eigenvalue weighted by Gasteiger charge is 2.35. The number of nitriles is 1. The number of amidine groups is 1. The van der Waals surface area contributed by atoms with Crippen molar-refractivity contribution in [2.24, 2.45) is 10.9 Å². The van der Waals surface area contributed by atoms with Gasteiger partial charge in [-0.2, -0.15) is 9.65 Å². The number of aliphatic hydroxyl groups is 1. The second kappa shape index (κ2) is 13.6. The molecule has 2 aromatic rings. The number of aliphatic hydroxyl groups excluding tert-OH is 1. The van der Waals surface area contributed by atoms with Crippen molar-refractivity contribution in [3.05, 3.63) is 94.6 Å². The van der Waals surface area contributed by atoms with Crippen molar-refractivity contribution >= 4 is 29.0 Å². The van der Waals surface area contributed by atoms with Gasteiger partial charge >= 0.3 is 0 Å². The van der Waals surface area contributed by atoms with Gasteiger partial charge in [-0.05, 0) is 67.9 Å².